The molecule has 1 aromatic rings. The number of carbonyl (C=O) groups is 1. The molecular formula is C10H15N3O2. The molecule has 0 aliphatic carbocycles. The Morgan fingerprint density at radius 3 is 2.80 bits per heavy atom. The van der Waals surface area contributed by atoms with Crippen LogP contribution in [-0.4, -0.2) is 29.6 Å². The van der Waals surface area contributed by atoms with E-state index < -0.39 is 0 Å². The molecule has 1 aromatic carbocycles. The number of phenols is 1. The van der Waals surface area contributed by atoms with Gasteiger partial charge >= 0.3 is 6.03 Å². The predicted octanol–water partition coefficient (Wildman–Crippen LogP) is 1.46. The number of nitrogens with two attached hydrogens (primary N) is 1. The molecular weight excluding hydrogens is 194 g/mol. The molecule has 0 radical (unpaired) electrons. The topological polar surface area (TPSA) is 78.6 Å². The van der Waals surface area contributed by atoms with Crippen LogP contribution in [0.15, 0.2) is 18.2 Å². The highest BCUT2D eigenvalue weighted by atomic mass is 16.3. The minimum atomic E-state index is -0.227. The zero-order valence-electron chi connectivity index (χ0n) is 8.82. The van der Waals surface area contributed by atoms with Crippen molar-refractivity contribution in [1.29, 1.82) is 0 Å². The Hall–Kier alpha value is -1.91. The van der Waals surface area contributed by atoms with Gasteiger partial charge in [-0.2, -0.15) is 0 Å². The van der Waals surface area contributed by atoms with Crippen molar-refractivity contribution in [2.24, 2.45) is 0 Å². The number of hydrogen-bond donors (Lipinski definition) is 3. The van der Waals surface area contributed by atoms with Crippen molar-refractivity contribution in [3.63, 3.8) is 0 Å². The molecule has 0 aliphatic heterocycles. The average molecular weight is 209 g/mol. The molecule has 0 aromatic heterocycles. The van der Waals surface area contributed by atoms with Gasteiger partial charge in [0.2, 0.25) is 0 Å². The first kappa shape index (κ1) is 11.2. The molecule has 82 valence electrons. The number of rotatable bonds is 2. The molecule has 4 N–H and O–H groups in total. The van der Waals surface area contributed by atoms with Gasteiger partial charge in [-0.1, -0.05) is 0 Å². The molecule has 0 bridgehead atoms. The van der Waals surface area contributed by atoms with Crippen LogP contribution >= 0.6 is 0 Å². The molecule has 1 rings (SSSR count). The van der Waals surface area contributed by atoms with E-state index in [1.54, 1.807) is 13.1 Å². The fourth-order valence-electron chi connectivity index (χ4n) is 1.02. The summed E-state index contributed by atoms with van der Waals surface area (Å²) in [5.41, 5.74) is 6.46. The molecule has 15 heavy (non-hydrogen) atoms. The van der Waals surface area contributed by atoms with Crippen LogP contribution in [0.1, 0.15) is 6.92 Å². The van der Waals surface area contributed by atoms with E-state index in [0.717, 1.165) is 0 Å². The quantitative estimate of drug-likeness (QED) is 0.509. The maximum absolute atomic E-state index is 11.5. The average Bonchev–Trinajstić information content (AvgIpc) is 2.20. The first-order chi connectivity index (χ1) is 7.04. The first-order valence-corrected chi connectivity index (χ1v) is 4.65. The molecule has 2 amide bonds. The highest BCUT2D eigenvalue weighted by molar-refractivity contribution is 5.92. The van der Waals surface area contributed by atoms with Gasteiger partial charge < -0.3 is 21.1 Å². The van der Waals surface area contributed by atoms with Crippen molar-refractivity contribution < 1.29 is 9.90 Å². The van der Waals surface area contributed by atoms with Crippen molar-refractivity contribution in [2.45, 2.75) is 6.92 Å². The molecule has 0 aliphatic rings. The monoisotopic (exact) mass is 209 g/mol. The SMILES string of the molecule is CCN(C)C(=O)Nc1ccc(O)cc1N. The lowest BCUT2D eigenvalue weighted by Gasteiger charge is -2.16. The highest BCUT2D eigenvalue weighted by Gasteiger charge is 2.08. The van der Waals surface area contributed by atoms with Crippen molar-refractivity contribution in [1.82, 2.24) is 4.90 Å². The number of anilines is 2. The molecule has 0 saturated heterocycles. The van der Waals surface area contributed by atoms with Crippen molar-refractivity contribution >= 4 is 17.4 Å². The smallest absolute Gasteiger partial charge is 0.321 e. The summed E-state index contributed by atoms with van der Waals surface area (Å²) in [6, 6.07) is 4.20. The van der Waals surface area contributed by atoms with Gasteiger partial charge in [0, 0.05) is 19.7 Å². The molecule has 5 heteroatoms. The fourth-order valence-corrected chi connectivity index (χ4v) is 1.02. The zero-order valence-corrected chi connectivity index (χ0v) is 8.82. The maximum atomic E-state index is 11.5. The van der Waals surface area contributed by atoms with E-state index >= 15 is 0 Å². The van der Waals surface area contributed by atoms with Crippen LogP contribution in [0.5, 0.6) is 5.75 Å². The molecule has 0 atom stereocenters. The molecule has 0 fully saturated rings. The van der Waals surface area contributed by atoms with Gasteiger partial charge in [0.25, 0.3) is 0 Å². The summed E-state index contributed by atoms with van der Waals surface area (Å²) in [6.45, 7) is 2.49. The minimum absolute atomic E-state index is 0.0781. The van der Waals surface area contributed by atoms with Crippen LogP contribution in [0.3, 0.4) is 0 Å². The number of benzene rings is 1. The number of hydrogen-bond acceptors (Lipinski definition) is 3. The summed E-state index contributed by atoms with van der Waals surface area (Å²) in [7, 11) is 1.69. The minimum Gasteiger partial charge on any atom is -0.508 e. The van der Waals surface area contributed by atoms with Crippen molar-refractivity contribution in [3.05, 3.63) is 18.2 Å². The van der Waals surface area contributed by atoms with E-state index in [1.165, 1.54) is 17.0 Å². The van der Waals surface area contributed by atoms with Gasteiger partial charge in [-0.25, -0.2) is 4.79 Å². The summed E-state index contributed by atoms with van der Waals surface area (Å²) in [5.74, 6) is 0.0781. The largest absolute Gasteiger partial charge is 0.508 e. The van der Waals surface area contributed by atoms with E-state index in [1.807, 2.05) is 6.92 Å². The lowest BCUT2D eigenvalue weighted by molar-refractivity contribution is 0.224. The van der Waals surface area contributed by atoms with E-state index in [9.17, 15) is 4.79 Å². The predicted molar refractivity (Wildman–Crippen MR) is 59.8 cm³/mol. The third-order valence-electron chi connectivity index (χ3n) is 2.10. The molecule has 0 saturated carbocycles. The van der Waals surface area contributed by atoms with Crippen LogP contribution in [-0.2, 0) is 0 Å². The number of phenolic OH excluding ortho intramolecular Hbond substituents is 1. The fraction of sp³-hybridized carbons (Fsp3) is 0.300. The number of amides is 2. The van der Waals surface area contributed by atoms with Crippen LogP contribution < -0.4 is 11.1 Å². The Bertz CT molecular complexity index is 366. The third kappa shape index (κ3) is 2.77. The van der Waals surface area contributed by atoms with Gasteiger partial charge in [-0.05, 0) is 19.1 Å². The van der Waals surface area contributed by atoms with E-state index in [-0.39, 0.29) is 11.8 Å². The number of nitrogens with zero attached hydrogens (tertiary/aromatic N) is 1. The number of aromatic hydroxyl groups is 1. The van der Waals surface area contributed by atoms with Gasteiger partial charge in [-0.15, -0.1) is 0 Å². The number of nitrogen functional groups attached to an aromatic ring is 1. The summed E-state index contributed by atoms with van der Waals surface area (Å²) < 4.78 is 0. The summed E-state index contributed by atoms with van der Waals surface area (Å²) in [4.78, 5) is 13.0. The van der Waals surface area contributed by atoms with Crippen LogP contribution in [0, 0.1) is 0 Å². The van der Waals surface area contributed by atoms with Crippen molar-refractivity contribution in [3.8, 4) is 5.75 Å². The second-order valence-electron chi connectivity index (χ2n) is 3.22. The Balaban J connectivity index is 2.77. The maximum Gasteiger partial charge on any atom is 0.321 e. The van der Waals surface area contributed by atoms with Gasteiger partial charge in [0.1, 0.15) is 5.75 Å². The zero-order chi connectivity index (χ0) is 11.4. The third-order valence-corrected chi connectivity index (χ3v) is 2.10. The molecule has 0 unspecified atom stereocenters. The Morgan fingerprint density at radius 1 is 1.60 bits per heavy atom. The lowest BCUT2D eigenvalue weighted by Crippen LogP contribution is -2.31. The lowest BCUT2D eigenvalue weighted by atomic mass is 10.2. The van der Waals surface area contributed by atoms with Gasteiger partial charge in [-0.3, -0.25) is 0 Å². The number of urea groups is 1. The summed E-state index contributed by atoms with van der Waals surface area (Å²) >= 11 is 0. The number of nitrogens with one attached hydrogen (secondary N) is 1. The van der Waals surface area contributed by atoms with Crippen LogP contribution in [0.2, 0.25) is 0 Å². The van der Waals surface area contributed by atoms with E-state index in [4.69, 9.17) is 10.8 Å². The summed E-state index contributed by atoms with van der Waals surface area (Å²) in [6.07, 6.45) is 0. The van der Waals surface area contributed by atoms with Gasteiger partial charge in [0.15, 0.2) is 0 Å². The normalized spacial score (nSPS) is 9.73. The molecule has 0 spiro atoms. The Morgan fingerprint density at radius 2 is 2.27 bits per heavy atom. The Kier molecular flexibility index (Phi) is 3.38. The molecule has 5 nitrogen and oxygen atoms in total. The Labute approximate surface area is 88.5 Å². The van der Waals surface area contributed by atoms with Crippen LogP contribution in [0.4, 0.5) is 16.2 Å². The first-order valence-electron chi connectivity index (χ1n) is 4.65. The second-order valence-corrected chi connectivity index (χ2v) is 3.22. The second kappa shape index (κ2) is 4.54. The molecule has 0 heterocycles. The van der Waals surface area contributed by atoms with Crippen molar-refractivity contribution in [2.75, 3.05) is 24.6 Å². The van der Waals surface area contributed by atoms with Gasteiger partial charge in [0.05, 0.1) is 11.4 Å². The van der Waals surface area contributed by atoms with E-state index in [0.29, 0.717) is 17.9 Å². The number of carbonyl (C=O) groups excluding carboxylic acids is 1. The highest BCUT2D eigenvalue weighted by Crippen LogP contribution is 2.23. The summed E-state index contributed by atoms with van der Waals surface area (Å²) in [5, 5.41) is 11.8. The van der Waals surface area contributed by atoms with Crippen LogP contribution in [0.25, 0.3) is 0 Å². The standard InChI is InChI=1S/C10H15N3O2/c1-3-13(2)10(15)12-9-5-4-7(14)6-8(9)11/h4-6,14H,3,11H2,1-2H3,(H,12,15). The van der Waals surface area contributed by atoms with E-state index in [2.05, 4.69) is 5.32 Å².